The molecule has 0 bridgehead atoms. The Labute approximate surface area is 310 Å². The zero-order chi connectivity index (χ0) is 32.2. The second-order valence-electron chi connectivity index (χ2n) is 17.1. The van der Waals surface area contributed by atoms with E-state index >= 15 is 0 Å². The van der Waals surface area contributed by atoms with Crippen molar-refractivity contribution < 1.29 is 19.8 Å². The molecule has 246 valence electrons. The third-order valence-electron chi connectivity index (χ3n) is 14.1. The van der Waals surface area contributed by atoms with Gasteiger partial charge in [0.15, 0.2) is 0 Å². The van der Waals surface area contributed by atoms with Gasteiger partial charge in [-0.15, -0.1) is 0 Å². The van der Waals surface area contributed by atoms with Crippen LogP contribution in [0.25, 0.3) is 0 Å². The van der Waals surface area contributed by atoms with Crippen molar-refractivity contribution in [1.82, 2.24) is 0 Å². The van der Waals surface area contributed by atoms with Crippen LogP contribution in [0, 0.1) is 57.2 Å². The molecule has 0 heterocycles. The van der Waals surface area contributed by atoms with Crippen molar-refractivity contribution in [3.8, 4) is 0 Å². The molecule has 2 radical (unpaired) electrons. The van der Waals surface area contributed by atoms with Crippen molar-refractivity contribution in [2.45, 2.75) is 132 Å². The molecular weight excluding hydrogens is 632 g/mol. The van der Waals surface area contributed by atoms with Crippen LogP contribution < -0.4 is 0 Å². The molecule has 6 rings (SSSR count). The van der Waals surface area contributed by atoms with Gasteiger partial charge in [0.25, 0.3) is 0 Å². The summed E-state index contributed by atoms with van der Waals surface area (Å²) in [5.74, 6) is 1.78. The first-order valence-corrected chi connectivity index (χ1v) is 17.9. The molecule has 2 saturated carbocycles. The molecule has 8 atom stereocenters. The van der Waals surface area contributed by atoms with Gasteiger partial charge in [-0.05, 0) is 136 Å². The van der Waals surface area contributed by atoms with Gasteiger partial charge in [0.1, 0.15) is 0 Å². The molecule has 0 aliphatic heterocycles. The quantitative estimate of drug-likeness (QED) is 0.288. The fourth-order valence-electron chi connectivity index (χ4n) is 11.2. The minimum atomic E-state index is -0.588. The second-order valence-corrected chi connectivity index (χ2v) is 17.1. The SMILES string of the molecule is CC(C)C1=CC2=CC[C@@H]3[C@](C)(CCC[C@@]3(C)C(=O)O)[C@H]2CC1.CC(C)C1=CC2=CC[C@@H]3[C@](C)(CCC[C@@]3(C)C(=O)O)[C@H]2CC1.[Sr]. The van der Waals surface area contributed by atoms with Crippen LogP contribution in [0.15, 0.2) is 46.6 Å². The zero-order valence-electron chi connectivity index (χ0n) is 29.7. The van der Waals surface area contributed by atoms with E-state index in [0.717, 1.165) is 38.5 Å². The van der Waals surface area contributed by atoms with Crippen LogP contribution in [0.3, 0.4) is 0 Å². The summed E-state index contributed by atoms with van der Waals surface area (Å²) in [4.78, 5) is 23.9. The molecule has 0 saturated heterocycles. The average molecular weight is 693 g/mol. The van der Waals surface area contributed by atoms with Gasteiger partial charge in [0.2, 0.25) is 0 Å². The monoisotopic (exact) mass is 692 g/mol. The molecule has 0 aromatic carbocycles. The van der Waals surface area contributed by atoms with Crippen LogP contribution >= 0.6 is 0 Å². The molecule has 4 nitrogen and oxygen atoms in total. The molecule has 0 spiro atoms. The summed E-state index contributed by atoms with van der Waals surface area (Å²) >= 11 is 0. The minimum Gasteiger partial charge on any atom is -0.481 e. The van der Waals surface area contributed by atoms with Crippen molar-refractivity contribution in [3.63, 3.8) is 0 Å². The van der Waals surface area contributed by atoms with Crippen molar-refractivity contribution in [2.24, 2.45) is 57.2 Å². The Balaban J connectivity index is 0.000000200. The van der Waals surface area contributed by atoms with Gasteiger partial charge in [0.05, 0.1) is 10.8 Å². The zero-order valence-corrected chi connectivity index (χ0v) is 33.2. The number of allylic oxidation sites excluding steroid dienone is 8. The summed E-state index contributed by atoms with van der Waals surface area (Å²) in [5.41, 5.74) is 5.38. The Morgan fingerprint density at radius 3 is 1.33 bits per heavy atom. The Kier molecular flexibility index (Phi) is 11.3. The van der Waals surface area contributed by atoms with E-state index in [1.807, 2.05) is 13.8 Å². The fraction of sp³-hybridized carbons (Fsp3) is 0.750. The normalized spacial score (nSPS) is 40.4. The maximum Gasteiger partial charge on any atom is 0.309 e. The smallest absolute Gasteiger partial charge is 0.309 e. The van der Waals surface area contributed by atoms with Crippen LogP contribution in [0.1, 0.15) is 132 Å². The van der Waals surface area contributed by atoms with Crippen LogP contribution in [0.5, 0.6) is 0 Å². The van der Waals surface area contributed by atoms with Crippen LogP contribution in [0.2, 0.25) is 0 Å². The summed E-state index contributed by atoms with van der Waals surface area (Å²) in [5, 5.41) is 19.7. The molecule has 2 fully saturated rings. The fourth-order valence-corrected chi connectivity index (χ4v) is 11.2. The number of aliphatic carboxylic acids is 2. The minimum absolute atomic E-state index is 0. The van der Waals surface area contributed by atoms with Crippen molar-refractivity contribution in [1.29, 1.82) is 0 Å². The third-order valence-corrected chi connectivity index (χ3v) is 14.1. The first kappa shape index (κ1) is 37.2. The molecular formula is C40H60O4Sr. The number of rotatable bonds is 4. The van der Waals surface area contributed by atoms with Crippen LogP contribution in [-0.4, -0.2) is 67.6 Å². The predicted octanol–water partition coefficient (Wildman–Crippen LogP) is 10.0. The van der Waals surface area contributed by atoms with Crippen molar-refractivity contribution >= 4 is 57.4 Å². The molecule has 0 aromatic rings. The number of hydrogen-bond acceptors (Lipinski definition) is 2. The van der Waals surface area contributed by atoms with Crippen LogP contribution in [0.4, 0.5) is 0 Å². The van der Waals surface area contributed by atoms with E-state index in [0.29, 0.717) is 23.7 Å². The Morgan fingerprint density at radius 2 is 1.02 bits per heavy atom. The molecule has 5 heteroatoms. The van der Waals surface area contributed by atoms with Crippen LogP contribution in [-0.2, 0) is 9.59 Å². The summed E-state index contributed by atoms with van der Waals surface area (Å²) in [6.45, 7) is 17.9. The first-order valence-electron chi connectivity index (χ1n) is 17.9. The first-order chi connectivity index (χ1) is 20.6. The molecule has 0 unspecified atom stereocenters. The molecule has 6 aliphatic rings. The van der Waals surface area contributed by atoms with E-state index in [1.165, 1.54) is 49.7 Å². The molecule has 0 amide bonds. The third kappa shape index (κ3) is 6.44. The van der Waals surface area contributed by atoms with Crippen molar-refractivity contribution in [3.05, 3.63) is 46.6 Å². The summed E-state index contributed by atoms with van der Waals surface area (Å²) in [7, 11) is 0. The molecule has 45 heavy (non-hydrogen) atoms. The predicted molar refractivity (Wildman–Crippen MR) is 185 cm³/mol. The van der Waals surface area contributed by atoms with E-state index in [1.54, 1.807) is 11.1 Å². The van der Waals surface area contributed by atoms with Gasteiger partial charge >= 0.3 is 11.9 Å². The number of carboxylic acids is 2. The average Bonchev–Trinajstić information content (AvgIpc) is 2.96. The van der Waals surface area contributed by atoms with Gasteiger partial charge < -0.3 is 10.2 Å². The Hall–Kier alpha value is -0.619. The summed E-state index contributed by atoms with van der Waals surface area (Å²) in [6, 6.07) is 0. The van der Waals surface area contributed by atoms with E-state index in [9.17, 15) is 19.8 Å². The summed E-state index contributed by atoms with van der Waals surface area (Å²) in [6.07, 6.45) is 22.4. The van der Waals surface area contributed by atoms with E-state index in [2.05, 4.69) is 65.8 Å². The number of fused-ring (bicyclic) bond motifs is 6. The van der Waals surface area contributed by atoms with E-state index in [-0.39, 0.29) is 68.1 Å². The number of carboxylic acid groups (broad SMARTS) is 2. The second kappa shape index (κ2) is 13.7. The largest absolute Gasteiger partial charge is 0.481 e. The standard InChI is InChI=1S/2C20H30O2.Sr/c2*1-13(2)14-6-8-16-15(12-14)7-9-17-19(16,3)10-5-11-20(17,4)18(21)22;/h2*7,12-13,16-17H,5-6,8-11H2,1-4H3,(H,21,22);/t2*16-,17+,19+,20+;/m00./s1. The Morgan fingerprint density at radius 1 is 0.667 bits per heavy atom. The number of hydrogen-bond donors (Lipinski definition) is 2. The maximum absolute atomic E-state index is 11.9. The molecule has 6 aliphatic carbocycles. The maximum atomic E-state index is 11.9. The summed E-state index contributed by atoms with van der Waals surface area (Å²) < 4.78 is 0. The van der Waals surface area contributed by atoms with Crippen molar-refractivity contribution in [2.75, 3.05) is 0 Å². The van der Waals surface area contributed by atoms with E-state index in [4.69, 9.17) is 0 Å². The van der Waals surface area contributed by atoms with E-state index < -0.39 is 22.8 Å². The Bertz CT molecular complexity index is 1190. The number of carbonyl (C=O) groups is 2. The van der Waals surface area contributed by atoms with Gasteiger partial charge in [-0.2, -0.15) is 0 Å². The van der Waals surface area contributed by atoms with Gasteiger partial charge in [-0.3, -0.25) is 9.59 Å². The van der Waals surface area contributed by atoms with Gasteiger partial charge in [-0.25, -0.2) is 0 Å². The van der Waals surface area contributed by atoms with Gasteiger partial charge in [-0.1, -0.05) is 89.8 Å². The van der Waals surface area contributed by atoms with Gasteiger partial charge in [0, 0.05) is 45.5 Å². The molecule has 2 N–H and O–H groups in total. The topological polar surface area (TPSA) is 74.6 Å². The molecule has 0 aromatic heterocycles.